The number of nitrogens with zero attached hydrogens (tertiary/aromatic N) is 1. The highest BCUT2D eigenvalue weighted by Gasteiger charge is 2.38. The topological polar surface area (TPSA) is 94.9 Å². The Morgan fingerprint density at radius 2 is 1.48 bits per heavy atom. The van der Waals surface area contributed by atoms with Crippen molar-refractivity contribution in [1.82, 2.24) is 0 Å². The number of thiophene rings is 1. The lowest BCUT2D eigenvalue weighted by Crippen LogP contribution is -2.47. The number of benzene rings is 1. The predicted molar refractivity (Wildman–Crippen MR) is 129 cm³/mol. The van der Waals surface area contributed by atoms with E-state index in [9.17, 15) is 24.6 Å². The van der Waals surface area contributed by atoms with Crippen LogP contribution < -0.4 is 4.90 Å². The summed E-state index contributed by atoms with van der Waals surface area (Å²) < 4.78 is 0. The van der Waals surface area contributed by atoms with Gasteiger partial charge in [-0.25, -0.2) is 4.79 Å². The van der Waals surface area contributed by atoms with Crippen LogP contribution in [-0.4, -0.2) is 39.5 Å². The molecule has 6 nitrogen and oxygen atoms in total. The van der Waals surface area contributed by atoms with E-state index in [0.717, 1.165) is 23.3 Å². The van der Waals surface area contributed by atoms with Crippen molar-refractivity contribution >= 4 is 46.5 Å². The zero-order valence-electron chi connectivity index (χ0n) is 18.3. The maximum atomic E-state index is 13.8. The minimum Gasteiger partial charge on any atom is -0.481 e. The summed E-state index contributed by atoms with van der Waals surface area (Å²) in [4.78, 5) is 40.1. The van der Waals surface area contributed by atoms with Gasteiger partial charge in [0.2, 0.25) is 5.91 Å². The van der Waals surface area contributed by atoms with Crippen LogP contribution in [0.1, 0.15) is 61.0 Å². The molecule has 0 bridgehead atoms. The third-order valence-electron chi connectivity index (χ3n) is 6.88. The molecule has 8 heteroatoms. The summed E-state index contributed by atoms with van der Waals surface area (Å²) in [6.45, 7) is 0. The highest BCUT2D eigenvalue weighted by molar-refractivity contribution is 7.18. The van der Waals surface area contributed by atoms with Crippen molar-refractivity contribution in [3.8, 4) is 10.4 Å². The van der Waals surface area contributed by atoms with E-state index in [1.165, 1.54) is 11.3 Å². The number of carbonyl (C=O) groups is 3. The fourth-order valence-corrected chi connectivity index (χ4v) is 6.28. The summed E-state index contributed by atoms with van der Waals surface area (Å²) in [6, 6.07) is 11.2. The second-order valence-corrected chi connectivity index (χ2v) is 10.7. The van der Waals surface area contributed by atoms with E-state index >= 15 is 0 Å². The number of aromatic carboxylic acids is 1. The summed E-state index contributed by atoms with van der Waals surface area (Å²) in [5, 5.41) is 19.5. The molecule has 4 rings (SSSR count). The van der Waals surface area contributed by atoms with Crippen molar-refractivity contribution in [1.29, 1.82) is 0 Å². The van der Waals surface area contributed by atoms with Crippen molar-refractivity contribution in [3.05, 3.63) is 41.3 Å². The third-order valence-corrected chi connectivity index (χ3v) is 8.48. The highest BCUT2D eigenvalue weighted by atomic mass is 35.5. The van der Waals surface area contributed by atoms with Gasteiger partial charge in [-0.15, -0.1) is 22.9 Å². The first-order chi connectivity index (χ1) is 15.8. The molecule has 176 valence electrons. The van der Waals surface area contributed by atoms with Gasteiger partial charge in [0.25, 0.3) is 0 Å². The van der Waals surface area contributed by atoms with Crippen LogP contribution in [0.25, 0.3) is 10.4 Å². The summed E-state index contributed by atoms with van der Waals surface area (Å²) in [5.74, 6) is -2.53. The number of alkyl halides is 1. The predicted octanol–water partition coefficient (Wildman–Crippen LogP) is 5.89. The van der Waals surface area contributed by atoms with Gasteiger partial charge in [0.15, 0.2) is 0 Å². The Hall–Kier alpha value is -2.38. The first-order valence-electron chi connectivity index (χ1n) is 11.5. The SMILES string of the molecule is O=C(O)c1sc(-c2ccccc2)cc1N(C(=O)C1CCC(Cl)CC1)C1CCC(C(=O)O)CC1. The van der Waals surface area contributed by atoms with Crippen molar-refractivity contribution in [2.75, 3.05) is 4.90 Å². The zero-order chi connectivity index (χ0) is 23.5. The molecule has 0 aliphatic heterocycles. The average Bonchev–Trinajstić information content (AvgIpc) is 3.26. The minimum absolute atomic E-state index is 0.0581. The smallest absolute Gasteiger partial charge is 0.348 e. The number of anilines is 1. The molecular formula is C25H28ClNO5S. The fourth-order valence-electron chi connectivity index (χ4n) is 5.03. The molecule has 0 atom stereocenters. The average molecular weight is 490 g/mol. The van der Waals surface area contributed by atoms with E-state index in [-0.39, 0.29) is 28.1 Å². The number of hydrogen-bond donors (Lipinski definition) is 2. The molecule has 0 saturated heterocycles. The molecule has 2 N–H and O–H groups in total. The van der Waals surface area contributed by atoms with E-state index < -0.39 is 17.9 Å². The number of halogens is 1. The number of carboxylic acids is 2. The van der Waals surface area contributed by atoms with Gasteiger partial charge < -0.3 is 15.1 Å². The van der Waals surface area contributed by atoms with Crippen LogP contribution in [-0.2, 0) is 9.59 Å². The Morgan fingerprint density at radius 1 is 0.879 bits per heavy atom. The molecule has 1 aromatic heterocycles. The summed E-state index contributed by atoms with van der Waals surface area (Å²) in [5.41, 5.74) is 1.34. The minimum atomic E-state index is -1.06. The molecule has 1 heterocycles. The van der Waals surface area contributed by atoms with Gasteiger partial charge in [0, 0.05) is 22.2 Å². The number of rotatable bonds is 6. The Balaban J connectivity index is 1.71. The van der Waals surface area contributed by atoms with Gasteiger partial charge in [0.1, 0.15) is 4.88 Å². The van der Waals surface area contributed by atoms with E-state index in [2.05, 4.69) is 0 Å². The molecule has 2 saturated carbocycles. The number of carbonyl (C=O) groups excluding carboxylic acids is 1. The quantitative estimate of drug-likeness (QED) is 0.493. The van der Waals surface area contributed by atoms with Crippen LogP contribution in [0.15, 0.2) is 36.4 Å². The molecule has 1 amide bonds. The molecule has 2 aliphatic carbocycles. The summed E-state index contributed by atoms with van der Waals surface area (Å²) in [6.07, 6.45) is 4.96. The molecule has 1 aromatic carbocycles. The number of carboxylic acid groups (broad SMARTS) is 2. The Bertz CT molecular complexity index is 1010. The van der Waals surface area contributed by atoms with E-state index in [1.54, 1.807) is 4.90 Å². The third kappa shape index (κ3) is 5.25. The molecule has 0 radical (unpaired) electrons. The first-order valence-corrected chi connectivity index (χ1v) is 12.7. The highest BCUT2D eigenvalue weighted by Crippen LogP contribution is 2.42. The maximum Gasteiger partial charge on any atom is 0.348 e. The van der Waals surface area contributed by atoms with Gasteiger partial charge in [0.05, 0.1) is 11.6 Å². The lowest BCUT2D eigenvalue weighted by atomic mass is 9.83. The largest absolute Gasteiger partial charge is 0.481 e. The standard InChI is InChI=1S/C25H28ClNO5S/c26-18-10-6-16(7-11-18)23(28)27(19-12-8-17(9-13-19)24(29)30)20-14-21(33-22(20)25(31)32)15-4-2-1-3-5-15/h1-5,14,16-19H,6-13H2,(H,29,30)(H,31,32). The normalized spacial score (nSPS) is 25.4. The van der Waals surface area contributed by atoms with Gasteiger partial charge in [-0.1, -0.05) is 30.3 Å². The molecular weight excluding hydrogens is 462 g/mol. The Labute approximate surface area is 202 Å². The Kier molecular flexibility index (Phi) is 7.39. The zero-order valence-corrected chi connectivity index (χ0v) is 19.9. The second-order valence-electron chi connectivity index (χ2n) is 9.00. The Morgan fingerprint density at radius 3 is 2.06 bits per heavy atom. The monoisotopic (exact) mass is 489 g/mol. The van der Waals surface area contributed by atoms with Crippen LogP contribution in [0.2, 0.25) is 0 Å². The molecule has 33 heavy (non-hydrogen) atoms. The van der Waals surface area contributed by atoms with Gasteiger partial charge in [-0.2, -0.15) is 0 Å². The molecule has 0 spiro atoms. The van der Waals surface area contributed by atoms with Gasteiger partial charge in [-0.3, -0.25) is 9.59 Å². The summed E-state index contributed by atoms with van der Waals surface area (Å²) in [7, 11) is 0. The van der Waals surface area contributed by atoms with Crippen molar-refractivity contribution < 1.29 is 24.6 Å². The van der Waals surface area contributed by atoms with E-state index in [4.69, 9.17) is 11.6 Å². The van der Waals surface area contributed by atoms with Crippen LogP contribution in [0, 0.1) is 11.8 Å². The number of aliphatic carboxylic acids is 1. The van der Waals surface area contributed by atoms with Crippen LogP contribution in [0.5, 0.6) is 0 Å². The van der Waals surface area contributed by atoms with Crippen LogP contribution in [0.4, 0.5) is 5.69 Å². The van der Waals surface area contributed by atoms with Crippen molar-refractivity contribution in [2.45, 2.75) is 62.8 Å². The number of hydrogen-bond acceptors (Lipinski definition) is 4. The molecule has 2 fully saturated rings. The van der Waals surface area contributed by atoms with Crippen LogP contribution >= 0.6 is 22.9 Å². The van der Waals surface area contributed by atoms with Crippen molar-refractivity contribution in [3.63, 3.8) is 0 Å². The lowest BCUT2D eigenvalue weighted by Gasteiger charge is -2.38. The maximum absolute atomic E-state index is 13.8. The lowest BCUT2D eigenvalue weighted by molar-refractivity contribution is -0.142. The van der Waals surface area contributed by atoms with E-state index in [0.29, 0.717) is 44.2 Å². The fraction of sp³-hybridized carbons (Fsp3) is 0.480. The summed E-state index contributed by atoms with van der Waals surface area (Å²) >= 11 is 7.43. The first kappa shape index (κ1) is 23.8. The van der Waals surface area contributed by atoms with Crippen LogP contribution in [0.3, 0.4) is 0 Å². The molecule has 0 unspecified atom stereocenters. The molecule has 2 aromatic rings. The van der Waals surface area contributed by atoms with Gasteiger partial charge in [-0.05, 0) is 63.0 Å². The van der Waals surface area contributed by atoms with Crippen molar-refractivity contribution in [2.24, 2.45) is 11.8 Å². The molecule has 2 aliphatic rings. The van der Waals surface area contributed by atoms with E-state index in [1.807, 2.05) is 36.4 Å². The second kappa shape index (κ2) is 10.3. The van der Waals surface area contributed by atoms with Gasteiger partial charge >= 0.3 is 11.9 Å². The number of amides is 1.